The molecule has 0 amide bonds. The molecular formula is C22H16BrN3O2. The summed E-state index contributed by atoms with van der Waals surface area (Å²) in [6.07, 6.45) is 3.23. The van der Waals surface area contributed by atoms with E-state index < -0.39 is 0 Å². The molecule has 0 bridgehead atoms. The summed E-state index contributed by atoms with van der Waals surface area (Å²) in [5, 5.41) is 0.496. The fourth-order valence-corrected chi connectivity index (χ4v) is 3.47. The second-order valence-corrected chi connectivity index (χ2v) is 7.33. The van der Waals surface area contributed by atoms with Crippen LogP contribution in [0.1, 0.15) is 27.3 Å². The first-order valence-corrected chi connectivity index (χ1v) is 9.53. The molecule has 4 aromatic rings. The number of hydrogen-bond donors (Lipinski definition) is 0. The fraction of sp³-hybridized carbons (Fsp3) is 0.0909. The molecular weight excluding hydrogens is 418 g/mol. The Labute approximate surface area is 169 Å². The van der Waals surface area contributed by atoms with Gasteiger partial charge in [-0.3, -0.25) is 14.6 Å². The highest BCUT2D eigenvalue weighted by Gasteiger charge is 2.18. The van der Waals surface area contributed by atoms with Gasteiger partial charge in [0.2, 0.25) is 11.2 Å². The number of hydrogen-bond acceptors (Lipinski definition) is 4. The summed E-state index contributed by atoms with van der Waals surface area (Å²) in [6, 6.07) is 16.4. The normalized spacial score (nSPS) is 10.9. The molecule has 3 heterocycles. The third-order valence-electron chi connectivity index (χ3n) is 4.48. The predicted molar refractivity (Wildman–Crippen MR) is 112 cm³/mol. The van der Waals surface area contributed by atoms with Gasteiger partial charge in [0.15, 0.2) is 0 Å². The molecule has 0 N–H and O–H groups in total. The minimum Gasteiger partial charge on any atom is -0.340 e. The number of halogens is 1. The minimum absolute atomic E-state index is 0.102. The van der Waals surface area contributed by atoms with Crippen LogP contribution in [0.3, 0.4) is 0 Å². The Morgan fingerprint density at radius 2 is 1.89 bits per heavy atom. The van der Waals surface area contributed by atoms with Crippen LogP contribution >= 0.6 is 15.9 Å². The van der Waals surface area contributed by atoms with Crippen molar-refractivity contribution in [2.45, 2.75) is 13.5 Å². The molecule has 28 heavy (non-hydrogen) atoms. The fourth-order valence-electron chi connectivity index (χ4n) is 3.09. The highest BCUT2D eigenvalue weighted by Crippen LogP contribution is 2.16. The number of carbonyl (C=O) groups excluding carboxylic acids is 1. The zero-order chi connectivity index (χ0) is 19.7. The number of benzene rings is 1. The van der Waals surface area contributed by atoms with E-state index in [1.807, 2.05) is 47.9 Å². The molecule has 0 aliphatic rings. The first-order valence-electron chi connectivity index (χ1n) is 8.74. The van der Waals surface area contributed by atoms with E-state index in [0.717, 1.165) is 21.4 Å². The van der Waals surface area contributed by atoms with E-state index in [1.54, 1.807) is 30.6 Å². The zero-order valence-electron chi connectivity index (χ0n) is 15.1. The molecule has 0 fully saturated rings. The topological polar surface area (TPSA) is 64.8 Å². The summed E-state index contributed by atoms with van der Waals surface area (Å²) >= 11 is 3.38. The number of rotatable bonds is 4. The van der Waals surface area contributed by atoms with Crippen molar-refractivity contribution < 1.29 is 4.79 Å². The average Bonchev–Trinajstić information content (AvgIpc) is 2.70. The van der Waals surface area contributed by atoms with E-state index >= 15 is 0 Å². The summed E-state index contributed by atoms with van der Waals surface area (Å²) in [4.78, 5) is 34.6. The molecule has 0 spiro atoms. The number of aromatic nitrogens is 3. The van der Waals surface area contributed by atoms with Crippen LogP contribution < -0.4 is 5.43 Å². The monoisotopic (exact) mass is 433 g/mol. The van der Waals surface area contributed by atoms with Gasteiger partial charge in [-0.25, -0.2) is 4.98 Å². The smallest absolute Gasteiger partial charge is 0.216 e. The third-order valence-corrected chi connectivity index (χ3v) is 4.92. The van der Waals surface area contributed by atoms with Crippen molar-refractivity contribution in [2.24, 2.45) is 0 Å². The van der Waals surface area contributed by atoms with E-state index in [9.17, 15) is 9.59 Å². The van der Waals surface area contributed by atoms with Gasteiger partial charge in [0.05, 0.1) is 23.3 Å². The van der Waals surface area contributed by atoms with Crippen LogP contribution in [0, 0.1) is 6.92 Å². The van der Waals surface area contributed by atoms with Crippen LogP contribution in [0.15, 0.2) is 76.4 Å². The lowest BCUT2D eigenvalue weighted by atomic mass is 10.1. The molecule has 0 aliphatic carbocycles. The Morgan fingerprint density at radius 1 is 1.07 bits per heavy atom. The van der Waals surface area contributed by atoms with Crippen molar-refractivity contribution in [1.29, 1.82) is 0 Å². The Hall–Kier alpha value is -3.12. The lowest BCUT2D eigenvalue weighted by Gasteiger charge is -2.13. The molecule has 4 rings (SSSR count). The number of carbonyl (C=O) groups is 1. The maximum atomic E-state index is 13.0. The van der Waals surface area contributed by atoms with Gasteiger partial charge in [-0.15, -0.1) is 0 Å². The van der Waals surface area contributed by atoms with Gasteiger partial charge in [-0.2, -0.15) is 0 Å². The molecule has 0 atom stereocenters. The zero-order valence-corrected chi connectivity index (χ0v) is 16.7. The summed E-state index contributed by atoms with van der Waals surface area (Å²) in [5.41, 5.74) is 2.59. The second-order valence-electron chi connectivity index (χ2n) is 6.52. The number of pyridine rings is 3. The van der Waals surface area contributed by atoms with Crippen LogP contribution in [0.25, 0.3) is 10.9 Å². The standard InChI is InChI=1S/C22H16BrN3O2/c1-14-9-10-18(24-11-14)22(28)17-13-26(12-15-5-4-8-20(23)25-15)19-7-3-2-6-16(19)21(17)27/h2-11,13H,12H2,1H3. The van der Waals surface area contributed by atoms with E-state index in [4.69, 9.17) is 0 Å². The summed E-state index contributed by atoms with van der Waals surface area (Å²) in [5.74, 6) is -0.383. The molecule has 138 valence electrons. The predicted octanol–water partition coefficient (Wildman–Crippen LogP) is 4.14. The maximum Gasteiger partial charge on any atom is 0.216 e. The van der Waals surface area contributed by atoms with Crippen molar-refractivity contribution in [3.8, 4) is 0 Å². The van der Waals surface area contributed by atoms with Crippen molar-refractivity contribution >= 4 is 32.6 Å². The minimum atomic E-state index is -0.383. The molecule has 3 aromatic heterocycles. The van der Waals surface area contributed by atoms with Gasteiger partial charge in [0.1, 0.15) is 10.3 Å². The van der Waals surface area contributed by atoms with Gasteiger partial charge in [0, 0.05) is 17.8 Å². The molecule has 0 aliphatic heterocycles. The Bertz CT molecular complexity index is 1250. The van der Waals surface area contributed by atoms with E-state index in [2.05, 4.69) is 25.9 Å². The van der Waals surface area contributed by atoms with E-state index in [-0.39, 0.29) is 22.5 Å². The number of aryl methyl sites for hydroxylation is 1. The van der Waals surface area contributed by atoms with Crippen LogP contribution in [0.2, 0.25) is 0 Å². The summed E-state index contributed by atoms with van der Waals surface area (Å²) in [6.45, 7) is 2.33. The first-order chi connectivity index (χ1) is 13.5. The van der Waals surface area contributed by atoms with Crippen LogP contribution in [-0.2, 0) is 6.54 Å². The number of nitrogens with zero attached hydrogens (tertiary/aromatic N) is 3. The van der Waals surface area contributed by atoms with Gasteiger partial charge in [-0.1, -0.05) is 24.3 Å². The highest BCUT2D eigenvalue weighted by molar-refractivity contribution is 9.10. The van der Waals surface area contributed by atoms with Gasteiger partial charge in [0.25, 0.3) is 0 Å². The number of fused-ring (bicyclic) bond motifs is 1. The van der Waals surface area contributed by atoms with Gasteiger partial charge in [-0.05, 0) is 58.7 Å². The SMILES string of the molecule is Cc1ccc(C(=O)c2cn(Cc3cccc(Br)n3)c3ccccc3c2=O)nc1. The van der Waals surface area contributed by atoms with Crippen molar-refractivity contribution in [3.63, 3.8) is 0 Å². The number of ketones is 1. The Balaban J connectivity index is 1.87. The van der Waals surface area contributed by atoms with Crippen LogP contribution in [0.4, 0.5) is 0 Å². The van der Waals surface area contributed by atoms with Crippen molar-refractivity contribution in [3.05, 3.63) is 104 Å². The van der Waals surface area contributed by atoms with Gasteiger partial charge < -0.3 is 4.57 Å². The largest absolute Gasteiger partial charge is 0.340 e. The van der Waals surface area contributed by atoms with E-state index in [1.165, 1.54) is 0 Å². The van der Waals surface area contributed by atoms with Crippen LogP contribution in [0.5, 0.6) is 0 Å². The second kappa shape index (κ2) is 7.48. The molecule has 1 aromatic carbocycles. The summed E-state index contributed by atoms with van der Waals surface area (Å²) in [7, 11) is 0. The highest BCUT2D eigenvalue weighted by atomic mass is 79.9. The molecule has 0 saturated carbocycles. The van der Waals surface area contributed by atoms with Crippen molar-refractivity contribution in [1.82, 2.24) is 14.5 Å². The summed E-state index contributed by atoms with van der Waals surface area (Å²) < 4.78 is 2.61. The van der Waals surface area contributed by atoms with Crippen LogP contribution in [-0.4, -0.2) is 20.3 Å². The maximum absolute atomic E-state index is 13.0. The molecule has 5 nitrogen and oxygen atoms in total. The lowest BCUT2D eigenvalue weighted by Crippen LogP contribution is -2.21. The van der Waals surface area contributed by atoms with Gasteiger partial charge >= 0.3 is 0 Å². The molecule has 0 radical (unpaired) electrons. The number of para-hydroxylation sites is 1. The first kappa shape index (κ1) is 18.3. The molecule has 0 unspecified atom stereocenters. The van der Waals surface area contributed by atoms with E-state index in [0.29, 0.717) is 11.9 Å². The molecule has 0 saturated heterocycles. The molecule has 6 heteroatoms. The lowest BCUT2D eigenvalue weighted by molar-refractivity contribution is 0.103. The Kier molecular flexibility index (Phi) is 4.88. The third kappa shape index (κ3) is 3.51. The quantitative estimate of drug-likeness (QED) is 0.358. The average molecular weight is 434 g/mol. The Morgan fingerprint density at radius 3 is 2.64 bits per heavy atom. The van der Waals surface area contributed by atoms with Crippen molar-refractivity contribution in [2.75, 3.05) is 0 Å².